The van der Waals surface area contributed by atoms with Gasteiger partial charge in [-0.1, -0.05) is 0 Å². The van der Waals surface area contributed by atoms with Crippen molar-refractivity contribution in [3.63, 3.8) is 0 Å². The maximum Gasteiger partial charge on any atom is 0.522 e. The van der Waals surface area contributed by atoms with Gasteiger partial charge in [-0.3, -0.25) is 4.74 Å². The molecule has 0 spiro atoms. The molecule has 6 heteroatoms. The molecule has 1 rings (SSSR count). The number of hydrogen-bond acceptors (Lipinski definition) is 3. The highest BCUT2D eigenvalue weighted by Gasteiger charge is 2.28. The van der Waals surface area contributed by atoms with Crippen LogP contribution in [0, 0.1) is 0 Å². The summed E-state index contributed by atoms with van der Waals surface area (Å²) >= 11 is 0. The van der Waals surface area contributed by atoms with E-state index < -0.39 is 6.36 Å². The number of rotatable bonds is 7. The lowest BCUT2D eigenvalue weighted by Crippen LogP contribution is -2.33. The summed E-state index contributed by atoms with van der Waals surface area (Å²) in [6.45, 7) is 1.57. The molecule has 0 aliphatic heterocycles. The normalized spacial score (nSPS) is 17.4. The van der Waals surface area contributed by atoms with Crippen molar-refractivity contribution in [2.75, 3.05) is 33.3 Å². The Bertz CT molecular complexity index is 183. The van der Waals surface area contributed by atoms with Gasteiger partial charge in [0.1, 0.15) is 0 Å². The Kier molecular flexibility index (Phi) is 4.82. The summed E-state index contributed by atoms with van der Waals surface area (Å²) in [5.41, 5.74) is 0. The van der Waals surface area contributed by atoms with E-state index in [1.54, 1.807) is 7.05 Å². The molecule has 1 aliphatic rings. The third-order valence-corrected chi connectivity index (χ3v) is 2.24. The van der Waals surface area contributed by atoms with Crippen molar-refractivity contribution in [2.24, 2.45) is 0 Å². The van der Waals surface area contributed by atoms with E-state index in [9.17, 15) is 13.2 Å². The highest BCUT2D eigenvalue weighted by molar-refractivity contribution is 4.80. The maximum atomic E-state index is 11.6. The monoisotopic (exact) mass is 226 g/mol. The van der Waals surface area contributed by atoms with Crippen LogP contribution in [0.2, 0.25) is 0 Å². The van der Waals surface area contributed by atoms with Gasteiger partial charge in [-0.05, 0) is 19.9 Å². The van der Waals surface area contributed by atoms with Crippen molar-refractivity contribution in [3.8, 4) is 0 Å². The first-order chi connectivity index (χ1) is 6.97. The lowest BCUT2D eigenvalue weighted by molar-refractivity contribution is -0.324. The van der Waals surface area contributed by atoms with E-state index in [4.69, 9.17) is 0 Å². The quantitative estimate of drug-likeness (QED) is 0.706. The average molecular weight is 226 g/mol. The molecule has 1 aliphatic carbocycles. The number of ether oxygens (including phenoxy) is 1. The third-order valence-electron chi connectivity index (χ3n) is 2.24. The van der Waals surface area contributed by atoms with Crippen LogP contribution in [0.5, 0.6) is 0 Å². The van der Waals surface area contributed by atoms with E-state index in [2.05, 4.69) is 10.1 Å². The predicted octanol–water partition coefficient (Wildman–Crippen LogP) is 1.21. The van der Waals surface area contributed by atoms with Crippen molar-refractivity contribution in [1.29, 1.82) is 0 Å². The van der Waals surface area contributed by atoms with Gasteiger partial charge < -0.3 is 10.2 Å². The molecule has 0 bridgehead atoms. The van der Waals surface area contributed by atoms with Crippen LogP contribution in [0.15, 0.2) is 0 Å². The van der Waals surface area contributed by atoms with E-state index >= 15 is 0 Å². The van der Waals surface area contributed by atoms with Crippen LogP contribution in [0.25, 0.3) is 0 Å². The minimum Gasteiger partial charge on any atom is -0.313 e. The first-order valence-electron chi connectivity index (χ1n) is 5.10. The van der Waals surface area contributed by atoms with E-state index in [1.807, 2.05) is 4.90 Å². The second-order valence-corrected chi connectivity index (χ2v) is 3.83. The number of likely N-dealkylation sites (N-methyl/N-ethyl adjacent to an activating group) is 1. The highest BCUT2D eigenvalue weighted by atomic mass is 19.4. The summed E-state index contributed by atoms with van der Waals surface area (Å²) < 4.78 is 38.5. The standard InChI is InChI=1S/C9H17F3N2O/c1-14(5-4-13-8-2-3-8)6-7-15-9(10,11)12/h8,13H,2-7H2,1H3. The summed E-state index contributed by atoms with van der Waals surface area (Å²) in [5, 5.41) is 3.29. The zero-order chi connectivity index (χ0) is 11.3. The molecule has 0 saturated heterocycles. The van der Waals surface area contributed by atoms with E-state index in [-0.39, 0.29) is 6.61 Å². The molecule has 1 fully saturated rings. The van der Waals surface area contributed by atoms with Crippen molar-refractivity contribution in [2.45, 2.75) is 25.2 Å². The molecule has 0 atom stereocenters. The summed E-state index contributed by atoms with van der Waals surface area (Å²) in [5.74, 6) is 0. The summed E-state index contributed by atoms with van der Waals surface area (Å²) in [4.78, 5) is 1.82. The molecule has 15 heavy (non-hydrogen) atoms. The van der Waals surface area contributed by atoms with Crippen molar-refractivity contribution >= 4 is 0 Å². The molecular weight excluding hydrogens is 209 g/mol. The Hall–Kier alpha value is -0.330. The van der Waals surface area contributed by atoms with Gasteiger partial charge >= 0.3 is 6.36 Å². The van der Waals surface area contributed by atoms with Gasteiger partial charge in [-0.15, -0.1) is 13.2 Å². The van der Waals surface area contributed by atoms with Gasteiger partial charge in [-0.2, -0.15) is 0 Å². The topological polar surface area (TPSA) is 24.5 Å². The summed E-state index contributed by atoms with van der Waals surface area (Å²) in [6.07, 6.45) is -2.06. The number of halogens is 3. The SMILES string of the molecule is CN(CCNC1CC1)CCOC(F)(F)F. The number of nitrogens with one attached hydrogen (secondary N) is 1. The van der Waals surface area contributed by atoms with Crippen molar-refractivity contribution in [1.82, 2.24) is 10.2 Å². The smallest absolute Gasteiger partial charge is 0.313 e. The zero-order valence-electron chi connectivity index (χ0n) is 8.81. The lowest BCUT2D eigenvalue weighted by atomic mass is 10.5. The van der Waals surface area contributed by atoms with Gasteiger partial charge in [0.05, 0.1) is 6.61 Å². The Morgan fingerprint density at radius 2 is 2.00 bits per heavy atom. The molecule has 0 aromatic heterocycles. The Morgan fingerprint density at radius 1 is 1.33 bits per heavy atom. The highest BCUT2D eigenvalue weighted by Crippen LogP contribution is 2.18. The van der Waals surface area contributed by atoms with E-state index in [0.29, 0.717) is 12.6 Å². The third kappa shape index (κ3) is 7.58. The average Bonchev–Trinajstić information content (AvgIpc) is 2.85. The second kappa shape index (κ2) is 5.67. The Balaban J connectivity index is 1.90. The first kappa shape index (κ1) is 12.7. The molecule has 3 nitrogen and oxygen atoms in total. The Labute approximate surface area is 87.6 Å². The van der Waals surface area contributed by atoms with E-state index in [0.717, 1.165) is 13.1 Å². The van der Waals surface area contributed by atoms with Crippen LogP contribution in [0.4, 0.5) is 13.2 Å². The molecular formula is C9H17F3N2O. The molecule has 0 heterocycles. The molecule has 90 valence electrons. The fourth-order valence-corrected chi connectivity index (χ4v) is 1.18. The van der Waals surface area contributed by atoms with Gasteiger partial charge in [0, 0.05) is 25.7 Å². The van der Waals surface area contributed by atoms with Crippen LogP contribution >= 0.6 is 0 Å². The summed E-state index contributed by atoms with van der Waals surface area (Å²) in [7, 11) is 1.79. The van der Waals surface area contributed by atoms with Crippen LogP contribution in [-0.4, -0.2) is 50.6 Å². The number of nitrogens with zero attached hydrogens (tertiary/aromatic N) is 1. The fraction of sp³-hybridized carbons (Fsp3) is 1.00. The zero-order valence-corrected chi connectivity index (χ0v) is 8.81. The van der Waals surface area contributed by atoms with Gasteiger partial charge in [-0.25, -0.2) is 0 Å². The Morgan fingerprint density at radius 3 is 2.53 bits per heavy atom. The van der Waals surface area contributed by atoms with Crippen LogP contribution < -0.4 is 5.32 Å². The molecule has 0 aromatic carbocycles. The maximum absolute atomic E-state index is 11.6. The van der Waals surface area contributed by atoms with Crippen LogP contribution in [0.1, 0.15) is 12.8 Å². The summed E-state index contributed by atoms with van der Waals surface area (Å²) in [6, 6.07) is 0.643. The van der Waals surface area contributed by atoms with Gasteiger partial charge in [0.25, 0.3) is 0 Å². The largest absolute Gasteiger partial charge is 0.522 e. The molecule has 0 radical (unpaired) electrons. The minimum atomic E-state index is -4.51. The van der Waals surface area contributed by atoms with Crippen molar-refractivity contribution < 1.29 is 17.9 Å². The first-order valence-corrected chi connectivity index (χ1v) is 5.10. The molecule has 0 unspecified atom stereocenters. The lowest BCUT2D eigenvalue weighted by Gasteiger charge is -2.17. The molecule has 0 amide bonds. The number of alkyl halides is 3. The van der Waals surface area contributed by atoms with Gasteiger partial charge in [0.15, 0.2) is 0 Å². The fourth-order valence-electron chi connectivity index (χ4n) is 1.18. The number of hydrogen-bond donors (Lipinski definition) is 1. The second-order valence-electron chi connectivity index (χ2n) is 3.83. The van der Waals surface area contributed by atoms with Crippen LogP contribution in [-0.2, 0) is 4.74 Å². The van der Waals surface area contributed by atoms with E-state index in [1.165, 1.54) is 12.8 Å². The molecule has 0 aromatic rings. The minimum absolute atomic E-state index is 0.297. The molecule has 1 saturated carbocycles. The predicted molar refractivity (Wildman–Crippen MR) is 50.5 cm³/mol. The van der Waals surface area contributed by atoms with Crippen molar-refractivity contribution in [3.05, 3.63) is 0 Å². The van der Waals surface area contributed by atoms with Gasteiger partial charge in [0.2, 0.25) is 0 Å². The molecule has 1 N–H and O–H groups in total. The van der Waals surface area contributed by atoms with Crippen LogP contribution in [0.3, 0.4) is 0 Å².